The smallest absolute Gasteiger partial charge is 0.0641 e. The SMILES string of the molecule is CCn1nc(C)c(CN[C@@H](C)CC(C)(C)OC)c1C. The van der Waals surface area contributed by atoms with Crippen LogP contribution in [0.15, 0.2) is 0 Å². The van der Waals surface area contributed by atoms with E-state index in [0.717, 1.165) is 25.2 Å². The van der Waals surface area contributed by atoms with Gasteiger partial charge in [-0.1, -0.05) is 0 Å². The van der Waals surface area contributed by atoms with Crippen molar-refractivity contribution in [2.24, 2.45) is 0 Å². The summed E-state index contributed by atoms with van der Waals surface area (Å²) in [5.74, 6) is 0. The summed E-state index contributed by atoms with van der Waals surface area (Å²) in [6, 6.07) is 0.415. The minimum atomic E-state index is -0.0793. The molecule has 0 saturated heterocycles. The van der Waals surface area contributed by atoms with Crippen LogP contribution in [-0.2, 0) is 17.8 Å². The molecule has 0 radical (unpaired) electrons. The number of aromatic nitrogens is 2. The molecule has 0 aliphatic rings. The molecular weight excluding hydrogens is 238 g/mol. The summed E-state index contributed by atoms with van der Waals surface area (Å²) in [6.45, 7) is 14.6. The van der Waals surface area contributed by atoms with Gasteiger partial charge in [-0.2, -0.15) is 5.10 Å². The van der Waals surface area contributed by atoms with Crippen molar-refractivity contribution in [2.45, 2.75) is 72.7 Å². The number of hydrogen-bond acceptors (Lipinski definition) is 3. The van der Waals surface area contributed by atoms with Crippen LogP contribution in [-0.4, -0.2) is 28.5 Å². The third kappa shape index (κ3) is 4.32. The second-order valence-corrected chi connectivity index (χ2v) is 5.92. The lowest BCUT2D eigenvalue weighted by Crippen LogP contribution is -2.35. The van der Waals surface area contributed by atoms with Crippen molar-refractivity contribution in [1.82, 2.24) is 15.1 Å². The monoisotopic (exact) mass is 267 g/mol. The maximum Gasteiger partial charge on any atom is 0.0641 e. The number of ether oxygens (including phenoxy) is 1. The Bertz CT molecular complexity index is 410. The molecule has 1 atom stereocenters. The minimum Gasteiger partial charge on any atom is -0.379 e. The van der Waals surface area contributed by atoms with Gasteiger partial charge in [-0.15, -0.1) is 0 Å². The molecule has 19 heavy (non-hydrogen) atoms. The van der Waals surface area contributed by atoms with Crippen LogP contribution in [0.2, 0.25) is 0 Å². The lowest BCUT2D eigenvalue weighted by atomic mass is 9.99. The van der Waals surface area contributed by atoms with E-state index in [-0.39, 0.29) is 5.60 Å². The third-order valence-corrected chi connectivity index (χ3v) is 3.81. The zero-order valence-electron chi connectivity index (χ0n) is 13.5. The van der Waals surface area contributed by atoms with Crippen molar-refractivity contribution in [3.8, 4) is 0 Å². The Hall–Kier alpha value is -0.870. The maximum atomic E-state index is 5.47. The van der Waals surface area contributed by atoms with E-state index in [0.29, 0.717) is 6.04 Å². The Morgan fingerprint density at radius 3 is 2.47 bits per heavy atom. The number of methoxy groups -OCH3 is 1. The van der Waals surface area contributed by atoms with E-state index in [1.165, 1.54) is 11.3 Å². The van der Waals surface area contributed by atoms with E-state index in [1.54, 1.807) is 7.11 Å². The molecule has 0 unspecified atom stereocenters. The van der Waals surface area contributed by atoms with Gasteiger partial charge in [-0.3, -0.25) is 4.68 Å². The first-order chi connectivity index (χ1) is 8.80. The van der Waals surface area contributed by atoms with E-state index >= 15 is 0 Å². The predicted molar refractivity (Wildman–Crippen MR) is 79.4 cm³/mol. The molecule has 1 N–H and O–H groups in total. The fourth-order valence-electron chi connectivity index (χ4n) is 2.47. The number of nitrogens with zero attached hydrogens (tertiary/aromatic N) is 2. The van der Waals surface area contributed by atoms with Gasteiger partial charge < -0.3 is 10.1 Å². The van der Waals surface area contributed by atoms with E-state index in [1.807, 2.05) is 0 Å². The Morgan fingerprint density at radius 2 is 2.00 bits per heavy atom. The molecule has 1 heterocycles. The highest BCUT2D eigenvalue weighted by atomic mass is 16.5. The fourth-order valence-corrected chi connectivity index (χ4v) is 2.47. The minimum absolute atomic E-state index is 0.0793. The number of nitrogens with one attached hydrogen (secondary N) is 1. The molecule has 1 aromatic rings. The molecule has 1 rings (SSSR count). The van der Waals surface area contributed by atoms with E-state index in [4.69, 9.17) is 4.74 Å². The molecular formula is C15H29N3O. The van der Waals surface area contributed by atoms with E-state index in [9.17, 15) is 0 Å². The molecule has 0 fully saturated rings. The average Bonchev–Trinajstić information content (AvgIpc) is 2.61. The van der Waals surface area contributed by atoms with Crippen LogP contribution in [0.5, 0.6) is 0 Å². The van der Waals surface area contributed by atoms with Gasteiger partial charge in [0, 0.05) is 37.5 Å². The van der Waals surface area contributed by atoms with Gasteiger partial charge in [0.15, 0.2) is 0 Å². The molecule has 0 amide bonds. The molecule has 0 aliphatic carbocycles. The summed E-state index contributed by atoms with van der Waals surface area (Å²) in [5.41, 5.74) is 3.64. The van der Waals surface area contributed by atoms with Crippen molar-refractivity contribution in [3.05, 3.63) is 17.0 Å². The Morgan fingerprint density at radius 1 is 1.37 bits per heavy atom. The standard InChI is InChI=1S/C15H29N3O/c1-8-18-13(4)14(12(3)17-18)10-16-11(2)9-15(5,6)19-7/h11,16H,8-10H2,1-7H3/t11-/m0/s1. The van der Waals surface area contributed by atoms with E-state index < -0.39 is 0 Å². The predicted octanol–water partition coefficient (Wildman–Crippen LogP) is 2.81. The fraction of sp³-hybridized carbons (Fsp3) is 0.800. The highest BCUT2D eigenvalue weighted by Gasteiger charge is 2.20. The summed E-state index contributed by atoms with van der Waals surface area (Å²) >= 11 is 0. The molecule has 0 spiro atoms. The Balaban J connectivity index is 2.60. The van der Waals surface area contributed by atoms with Gasteiger partial charge in [0.2, 0.25) is 0 Å². The summed E-state index contributed by atoms with van der Waals surface area (Å²) < 4.78 is 7.54. The topological polar surface area (TPSA) is 39.1 Å². The van der Waals surface area contributed by atoms with Crippen molar-refractivity contribution in [3.63, 3.8) is 0 Å². The number of rotatable bonds is 7. The summed E-state index contributed by atoms with van der Waals surface area (Å²) in [4.78, 5) is 0. The first kappa shape index (κ1) is 16.2. The molecule has 110 valence electrons. The molecule has 4 heteroatoms. The van der Waals surface area contributed by atoms with Crippen LogP contribution in [0.1, 0.15) is 51.1 Å². The number of aryl methyl sites for hydroxylation is 2. The zero-order chi connectivity index (χ0) is 14.6. The quantitative estimate of drug-likeness (QED) is 0.825. The van der Waals surface area contributed by atoms with Crippen LogP contribution in [0, 0.1) is 13.8 Å². The van der Waals surface area contributed by atoms with Crippen LogP contribution in [0.4, 0.5) is 0 Å². The molecule has 0 aromatic carbocycles. The van der Waals surface area contributed by atoms with Crippen molar-refractivity contribution >= 4 is 0 Å². The second kappa shape index (κ2) is 6.53. The van der Waals surface area contributed by atoms with Gasteiger partial charge >= 0.3 is 0 Å². The van der Waals surface area contributed by atoms with Crippen molar-refractivity contribution < 1.29 is 4.74 Å². The van der Waals surface area contributed by atoms with Crippen LogP contribution < -0.4 is 5.32 Å². The largest absolute Gasteiger partial charge is 0.379 e. The van der Waals surface area contributed by atoms with Crippen LogP contribution in [0.25, 0.3) is 0 Å². The van der Waals surface area contributed by atoms with Gasteiger partial charge in [0.05, 0.1) is 11.3 Å². The first-order valence-electron chi connectivity index (χ1n) is 7.12. The molecule has 0 aliphatic heterocycles. The summed E-state index contributed by atoms with van der Waals surface area (Å²) in [7, 11) is 1.77. The van der Waals surface area contributed by atoms with Crippen molar-refractivity contribution in [1.29, 1.82) is 0 Å². The molecule has 0 bridgehead atoms. The van der Waals surface area contributed by atoms with E-state index in [2.05, 4.69) is 56.6 Å². The highest BCUT2D eigenvalue weighted by molar-refractivity contribution is 5.24. The highest BCUT2D eigenvalue weighted by Crippen LogP contribution is 2.17. The van der Waals surface area contributed by atoms with Gasteiger partial charge in [-0.25, -0.2) is 0 Å². The lowest BCUT2D eigenvalue weighted by Gasteiger charge is -2.27. The normalized spacial score (nSPS) is 13.8. The second-order valence-electron chi connectivity index (χ2n) is 5.92. The zero-order valence-corrected chi connectivity index (χ0v) is 13.5. The van der Waals surface area contributed by atoms with Crippen LogP contribution in [0.3, 0.4) is 0 Å². The average molecular weight is 267 g/mol. The molecule has 0 saturated carbocycles. The van der Waals surface area contributed by atoms with Crippen LogP contribution >= 0.6 is 0 Å². The number of hydrogen-bond donors (Lipinski definition) is 1. The van der Waals surface area contributed by atoms with Gasteiger partial charge in [0.25, 0.3) is 0 Å². The van der Waals surface area contributed by atoms with Crippen molar-refractivity contribution in [2.75, 3.05) is 7.11 Å². The molecule has 1 aromatic heterocycles. The third-order valence-electron chi connectivity index (χ3n) is 3.81. The summed E-state index contributed by atoms with van der Waals surface area (Å²) in [6.07, 6.45) is 0.990. The lowest BCUT2D eigenvalue weighted by molar-refractivity contribution is 0.00844. The van der Waals surface area contributed by atoms with Gasteiger partial charge in [0.1, 0.15) is 0 Å². The molecule has 4 nitrogen and oxygen atoms in total. The summed E-state index contributed by atoms with van der Waals surface area (Å²) in [5, 5.41) is 8.12. The Kier molecular flexibility index (Phi) is 5.56. The Labute approximate surface area is 117 Å². The first-order valence-corrected chi connectivity index (χ1v) is 7.12. The van der Waals surface area contributed by atoms with Gasteiger partial charge in [-0.05, 0) is 48.0 Å². The maximum absolute atomic E-state index is 5.47.